The van der Waals surface area contributed by atoms with Crippen molar-refractivity contribution in [1.82, 2.24) is 14.7 Å². The summed E-state index contributed by atoms with van der Waals surface area (Å²) in [4.78, 5) is 30.4. The summed E-state index contributed by atoms with van der Waals surface area (Å²) in [5.41, 5.74) is 2.56. The molecule has 1 atom stereocenters. The van der Waals surface area contributed by atoms with E-state index in [1.54, 1.807) is 27.8 Å². The molecular formula is C30H25ClF2N4O2S. The summed E-state index contributed by atoms with van der Waals surface area (Å²) in [5, 5.41) is 4.64. The van der Waals surface area contributed by atoms with Crippen LogP contribution in [0.1, 0.15) is 29.2 Å². The van der Waals surface area contributed by atoms with Crippen LogP contribution in [-0.2, 0) is 9.59 Å². The van der Waals surface area contributed by atoms with Gasteiger partial charge in [-0.15, -0.1) is 11.8 Å². The molecule has 40 heavy (non-hydrogen) atoms. The predicted molar refractivity (Wildman–Crippen MR) is 153 cm³/mol. The number of likely N-dealkylation sites (tertiary alicyclic amines) is 1. The number of carbonyl (C=O) groups excluding carboxylic acids is 2. The number of anilines is 1. The summed E-state index contributed by atoms with van der Waals surface area (Å²) in [6.45, 7) is 1.10. The van der Waals surface area contributed by atoms with Crippen molar-refractivity contribution in [1.29, 1.82) is 0 Å². The van der Waals surface area contributed by atoms with Crippen LogP contribution < -0.4 is 4.90 Å². The monoisotopic (exact) mass is 578 g/mol. The van der Waals surface area contributed by atoms with Gasteiger partial charge >= 0.3 is 0 Å². The number of thioether (sulfide) groups is 1. The Morgan fingerprint density at radius 2 is 1.73 bits per heavy atom. The van der Waals surface area contributed by atoms with Crippen LogP contribution in [-0.4, -0.2) is 51.9 Å². The van der Waals surface area contributed by atoms with Gasteiger partial charge in [0.1, 0.15) is 24.0 Å². The van der Waals surface area contributed by atoms with Gasteiger partial charge in [0.25, 0.3) is 0 Å². The highest BCUT2D eigenvalue weighted by molar-refractivity contribution is 8.00. The highest BCUT2D eigenvalue weighted by atomic mass is 35.5. The van der Waals surface area contributed by atoms with Gasteiger partial charge in [-0.2, -0.15) is 5.10 Å². The first kappa shape index (κ1) is 26.5. The van der Waals surface area contributed by atoms with Gasteiger partial charge in [-0.3, -0.25) is 14.5 Å². The summed E-state index contributed by atoms with van der Waals surface area (Å²) in [7, 11) is 0. The van der Waals surface area contributed by atoms with Crippen molar-refractivity contribution in [2.45, 2.75) is 18.1 Å². The molecule has 1 aromatic heterocycles. The summed E-state index contributed by atoms with van der Waals surface area (Å²) in [6, 6.07) is 19.9. The van der Waals surface area contributed by atoms with Crippen LogP contribution >= 0.6 is 23.4 Å². The first-order valence-corrected chi connectivity index (χ1v) is 14.4. The summed E-state index contributed by atoms with van der Waals surface area (Å²) < 4.78 is 30.9. The molecule has 1 saturated heterocycles. The maximum atomic E-state index is 15.3. The number of rotatable bonds is 5. The molecule has 1 fully saturated rings. The molecule has 4 aromatic rings. The fourth-order valence-electron chi connectivity index (χ4n) is 5.28. The number of hydrogen-bond donors (Lipinski definition) is 0. The molecule has 3 aromatic carbocycles. The Kier molecular flexibility index (Phi) is 7.33. The van der Waals surface area contributed by atoms with Crippen LogP contribution in [0.25, 0.3) is 16.9 Å². The molecule has 0 spiro atoms. The first-order chi connectivity index (χ1) is 19.4. The fraction of sp³-hybridized carbons (Fsp3) is 0.233. The molecule has 3 heterocycles. The number of carbonyl (C=O) groups is 2. The molecule has 0 N–H and O–H groups in total. The fourth-order valence-corrected chi connectivity index (χ4v) is 6.72. The molecule has 0 aliphatic carbocycles. The number of hydrogen-bond acceptors (Lipinski definition) is 4. The Bertz CT molecular complexity index is 1590. The van der Waals surface area contributed by atoms with Crippen molar-refractivity contribution in [2.75, 3.05) is 30.3 Å². The average molecular weight is 579 g/mol. The van der Waals surface area contributed by atoms with E-state index in [1.807, 2.05) is 36.4 Å². The van der Waals surface area contributed by atoms with Crippen molar-refractivity contribution >= 4 is 41.0 Å². The second-order valence-corrected chi connectivity index (χ2v) is 11.2. The van der Waals surface area contributed by atoms with Crippen molar-refractivity contribution in [3.8, 4) is 16.9 Å². The minimum Gasteiger partial charge on any atom is -0.341 e. The zero-order chi connectivity index (χ0) is 27.8. The standard InChI is InChI=1S/C30H25ClF2N4O2S/c31-22-10-4-5-11-24(22)37-30-27(28(34-37)19-8-2-1-3-9-19)29(21-13-12-20(32)16-23(21)33)40-18-26(39)36(30)17-25(38)35-14-6-7-15-35/h1-5,8-13,16,29H,6-7,14-15,17-18H2/t29-/m1/s1. The minimum absolute atomic E-state index is 0.0137. The van der Waals surface area contributed by atoms with E-state index in [-0.39, 0.29) is 29.7 Å². The van der Waals surface area contributed by atoms with Gasteiger partial charge in [0.15, 0.2) is 0 Å². The molecule has 204 valence electrons. The van der Waals surface area contributed by atoms with Crippen LogP contribution in [0.5, 0.6) is 0 Å². The molecule has 0 radical (unpaired) electrons. The van der Waals surface area contributed by atoms with E-state index in [9.17, 15) is 14.0 Å². The largest absolute Gasteiger partial charge is 0.341 e. The maximum Gasteiger partial charge on any atom is 0.242 e. The van der Waals surface area contributed by atoms with Gasteiger partial charge in [-0.25, -0.2) is 13.5 Å². The number of aromatic nitrogens is 2. The van der Waals surface area contributed by atoms with E-state index in [0.717, 1.165) is 24.5 Å². The molecule has 10 heteroatoms. The minimum atomic E-state index is -0.720. The lowest BCUT2D eigenvalue weighted by Gasteiger charge is -2.25. The molecule has 6 nitrogen and oxygen atoms in total. The molecule has 0 bridgehead atoms. The summed E-state index contributed by atoms with van der Waals surface area (Å²) in [5.74, 6) is -1.55. The Balaban J connectivity index is 1.63. The second-order valence-electron chi connectivity index (χ2n) is 9.74. The SMILES string of the molecule is O=C(CN1C(=O)CS[C@H](c2ccc(F)cc2F)c2c(-c3ccccc3)nn(-c3ccccc3Cl)c21)N1CCCC1. The Morgan fingerprint density at radius 1 is 1.00 bits per heavy atom. The van der Waals surface area contributed by atoms with E-state index in [2.05, 4.69) is 0 Å². The third-order valence-electron chi connectivity index (χ3n) is 7.21. The third kappa shape index (κ3) is 4.88. The van der Waals surface area contributed by atoms with Gasteiger partial charge in [0, 0.05) is 35.8 Å². The number of para-hydroxylation sites is 1. The van der Waals surface area contributed by atoms with Crippen molar-refractivity contribution < 1.29 is 18.4 Å². The zero-order valence-corrected chi connectivity index (χ0v) is 23.0. The van der Waals surface area contributed by atoms with Crippen molar-refractivity contribution in [3.05, 3.63) is 101 Å². The highest BCUT2D eigenvalue weighted by Crippen LogP contribution is 2.49. The third-order valence-corrected chi connectivity index (χ3v) is 8.77. The molecule has 2 aliphatic rings. The van der Waals surface area contributed by atoms with Gasteiger partial charge < -0.3 is 4.90 Å². The topological polar surface area (TPSA) is 58.4 Å². The second kappa shape index (κ2) is 11.1. The van der Waals surface area contributed by atoms with E-state index in [1.165, 1.54) is 28.8 Å². The molecule has 0 unspecified atom stereocenters. The quantitative estimate of drug-likeness (QED) is 0.280. The van der Waals surface area contributed by atoms with Crippen LogP contribution in [0.2, 0.25) is 5.02 Å². The van der Waals surface area contributed by atoms with Gasteiger partial charge in [0.05, 0.1) is 27.4 Å². The molecule has 2 amide bonds. The Hall–Kier alpha value is -3.69. The normalized spacial score (nSPS) is 17.2. The number of nitrogens with zero attached hydrogens (tertiary/aromatic N) is 4. The van der Waals surface area contributed by atoms with E-state index in [4.69, 9.17) is 16.7 Å². The lowest BCUT2D eigenvalue weighted by Crippen LogP contribution is -2.43. The van der Waals surface area contributed by atoms with Crippen LogP contribution in [0.15, 0.2) is 72.8 Å². The lowest BCUT2D eigenvalue weighted by molar-refractivity contribution is -0.130. The molecule has 6 rings (SSSR count). The van der Waals surface area contributed by atoms with Gasteiger partial charge in [-0.1, -0.05) is 60.1 Å². The number of amides is 2. The Labute approximate surface area is 239 Å². The Morgan fingerprint density at radius 3 is 2.45 bits per heavy atom. The predicted octanol–water partition coefficient (Wildman–Crippen LogP) is 6.26. The summed E-state index contributed by atoms with van der Waals surface area (Å²) >= 11 is 7.87. The van der Waals surface area contributed by atoms with E-state index >= 15 is 4.39 Å². The van der Waals surface area contributed by atoms with Gasteiger partial charge in [-0.05, 0) is 31.0 Å². The smallest absolute Gasteiger partial charge is 0.242 e. The van der Waals surface area contributed by atoms with Crippen molar-refractivity contribution in [2.24, 2.45) is 0 Å². The molecule has 2 aliphatic heterocycles. The van der Waals surface area contributed by atoms with Crippen LogP contribution in [0.3, 0.4) is 0 Å². The zero-order valence-electron chi connectivity index (χ0n) is 21.4. The van der Waals surface area contributed by atoms with Crippen LogP contribution in [0.4, 0.5) is 14.6 Å². The maximum absolute atomic E-state index is 15.3. The molecule has 0 saturated carbocycles. The number of benzene rings is 3. The first-order valence-electron chi connectivity index (χ1n) is 13.0. The van der Waals surface area contributed by atoms with E-state index in [0.29, 0.717) is 40.9 Å². The van der Waals surface area contributed by atoms with Crippen LogP contribution in [0, 0.1) is 11.6 Å². The summed E-state index contributed by atoms with van der Waals surface area (Å²) in [6.07, 6.45) is 1.84. The van der Waals surface area contributed by atoms with E-state index < -0.39 is 16.9 Å². The highest BCUT2D eigenvalue weighted by Gasteiger charge is 2.39. The lowest BCUT2D eigenvalue weighted by atomic mass is 9.99. The number of fused-ring (bicyclic) bond motifs is 1. The number of halogens is 3. The van der Waals surface area contributed by atoms with Crippen molar-refractivity contribution in [3.63, 3.8) is 0 Å². The average Bonchev–Trinajstić information content (AvgIpc) is 3.60. The van der Waals surface area contributed by atoms with Gasteiger partial charge in [0.2, 0.25) is 11.8 Å². The molecular weight excluding hydrogens is 554 g/mol.